The predicted octanol–water partition coefficient (Wildman–Crippen LogP) is 3.65. The molecule has 0 unspecified atom stereocenters. The molecule has 0 amide bonds. The van der Waals surface area contributed by atoms with E-state index < -0.39 is 20.0 Å². The fraction of sp³-hybridized carbons (Fsp3) is 0.412. The molecule has 0 N–H and O–H groups in total. The lowest BCUT2D eigenvalue weighted by atomic mass is 9.89. The van der Waals surface area contributed by atoms with E-state index in [1.807, 2.05) is 31.5 Å². The first kappa shape index (κ1) is 34.9. The molecule has 2 aliphatic heterocycles. The van der Waals surface area contributed by atoms with Gasteiger partial charge in [0.25, 0.3) is 0 Å². The van der Waals surface area contributed by atoms with E-state index in [1.165, 1.54) is 17.3 Å². The van der Waals surface area contributed by atoms with Crippen LogP contribution in [0, 0.1) is 20.8 Å². The molecule has 2 saturated heterocycles. The molecular formula is C34H41N11O4S2. The highest BCUT2D eigenvalue weighted by Gasteiger charge is 2.34. The van der Waals surface area contributed by atoms with Crippen LogP contribution < -0.4 is 0 Å². The second kappa shape index (κ2) is 13.9. The van der Waals surface area contributed by atoms with E-state index in [1.54, 1.807) is 73.3 Å². The molecule has 17 heteroatoms. The molecule has 0 atom stereocenters. The van der Waals surface area contributed by atoms with E-state index in [9.17, 15) is 16.8 Å². The molecule has 15 nitrogen and oxygen atoms in total. The maximum absolute atomic E-state index is 12.9. The molecule has 8 rings (SSSR count). The van der Waals surface area contributed by atoms with Crippen molar-refractivity contribution in [3.05, 3.63) is 95.9 Å². The van der Waals surface area contributed by atoms with Crippen LogP contribution in [-0.2, 0) is 27.1 Å². The summed E-state index contributed by atoms with van der Waals surface area (Å²) in [4.78, 5) is 12.9. The number of hydrogen-bond donors (Lipinski definition) is 0. The number of hydrogen-bond acceptors (Lipinski definition) is 10. The van der Waals surface area contributed by atoms with Gasteiger partial charge in [-0.15, -0.1) is 0 Å². The highest BCUT2D eigenvalue weighted by Crippen LogP contribution is 2.33. The van der Waals surface area contributed by atoms with Gasteiger partial charge in [0.1, 0.15) is 16.1 Å². The first-order chi connectivity index (χ1) is 24.4. The van der Waals surface area contributed by atoms with Crippen molar-refractivity contribution in [3.63, 3.8) is 0 Å². The number of aromatic nitrogens is 9. The lowest BCUT2D eigenvalue weighted by molar-refractivity contribution is 0.315. The van der Waals surface area contributed by atoms with Gasteiger partial charge in [-0.3, -0.25) is 9.67 Å². The van der Waals surface area contributed by atoms with Gasteiger partial charge in [0, 0.05) is 76.3 Å². The van der Waals surface area contributed by atoms with Crippen molar-refractivity contribution in [2.75, 3.05) is 26.2 Å². The summed E-state index contributed by atoms with van der Waals surface area (Å²) in [5, 5.41) is 13.1. The third-order valence-corrected chi connectivity index (χ3v) is 13.8. The Morgan fingerprint density at radius 3 is 2.08 bits per heavy atom. The van der Waals surface area contributed by atoms with Gasteiger partial charge in [0.2, 0.25) is 20.0 Å². The quantitative estimate of drug-likeness (QED) is 0.247. The molecule has 8 heterocycles. The summed E-state index contributed by atoms with van der Waals surface area (Å²) >= 11 is 0. The average Bonchev–Trinajstić information content (AvgIpc) is 3.87. The SMILES string of the molecule is Cc1cc2nccn2nc1C1CCN(S(=O)(=O)c2cn(C)nc2C)CC1.Cc1cc2ncnn2cc1C1CCN(S(=O)(=O)c2cccnc2)CC1. The van der Waals surface area contributed by atoms with E-state index in [0.717, 1.165) is 48.2 Å². The van der Waals surface area contributed by atoms with Crippen LogP contribution >= 0.6 is 0 Å². The first-order valence-corrected chi connectivity index (χ1v) is 19.8. The molecular weight excluding hydrogens is 691 g/mol. The van der Waals surface area contributed by atoms with Gasteiger partial charge in [-0.2, -0.15) is 23.9 Å². The van der Waals surface area contributed by atoms with Gasteiger partial charge in [-0.25, -0.2) is 35.8 Å². The van der Waals surface area contributed by atoms with Crippen LogP contribution in [0.1, 0.15) is 65.6 Å². The molecule has 2 aliphatic rings. The van der Waals surface area contributed by atoms with Gasteiger partial charge >= 0.3 is 0 Å². The van der Waals surface area contributed by atoms with Gasteiger partial charge in [-0.1, -0.05) is 0 Å². The van der Waals surface area contributed by atoms with Gasteiger partial charge in [-0.05, 0) is 93.3 Å². The predicted molar refractivity (Wildman–Crippen MR) is 189 cm³/mol. The molecule has 2 fully saturated rings. The molecule has 0 radical (unpaired) electrons. The molecule has 6 aromatic heterocycles. The normalized spacial score (nSPS) is 17.2. The molecule has 0 saturated carbocycles. The van der Waals surface area contributed by atoms with Gasteiger partial charge in [0.05, 0.1) is 11.4 Å². The Kier molecular flexibility index (Phi) is 9.47. The minimum absolute atomic E-state index is 0.253. The summed E-state index contributed by atoms with van der Waals surface area (Å²) < 4.78 is 59.5. The first-order valence-electron chi connectivity index (χ1n) is 16.9. The number of imidazole rings is 1. The summed E-state index contributed by atoms with van der Waals surface area (Å²) in [6, 6.07) is 7.30. The van der Waals surface area contributed by atoms with Crippen molar-refractivity contribution >= 4 is 31.3 Å². The highest BCUT2D eigenvalue weighted by atomic mass is 32.2. The fourth-order valence-corrected chi connectivity index (χ4v) is 10.3. The summed E-state index contributed by atoms with van der Waals surface area (Å²) in [6.07, 6.45) is 14.8. The van der Waals surface area contributed by atoms with Crippen LogP contribution in [-0.4, -0.2) is 95.6 Å². The minimum atomic E-state index is -3.50. The smallest absolute Gasteiger partial charge is 0.246 e. The monoisotopic (exact) mass is 731 g/mol. The van der Waals surface area contributed by atoms with E-state index in [-0.39, 0.29) is 10.8 Å². The minimum Gasteiger partial charge on any atom is -0.274 e. The third kappa shape index (κ3) is 6.90. The number of nitrogens with zero attached hydrogens (tertiary/aromatic N) is 11. The fourth-order valence-electron chi connectivity index (χ4n) is 7.16. The zero-order valence-electron chi connectivity index (χ0n) is 29.0. The number of fused-ring (bicyclic) bond motifs is 2. The van der Waals surface area contributed by atoms with Gasteiger partial charge in [0.15, 0.2) is 11.3 Å². The topological polar surface area (TPSA) is 166 Å². The maximum atomic E-state index is 12.9. The maximum Gasteiger partial charge on any atom is 0.246 e. The summed E-state index contributed by atoms with van der Waals surface area (Å²) in [6.45, 7) is 7.84. The van der Waals surface area contributed by atoms with Crippen LogP contribution in [0.25, 0.3) is 11.3 Å². The zero-order chi connectivity index (χ0) is 35.9. The molecule has 0 spiro atoms. The molecule has 0 aliphatic carbocycles. The van der Waals surface area contributed by atoms with E-state index in [0.29, 0.717) is 42.7 Å². The van der Waals surface area contributed by atoms with Crippen molar-refractivity contribution in [3.8, 4) is 0 Å². The number of piperidine rings is 2. The molecule has 6 aromatic rings. The number of aryl methyl sites for hydroxylation is 4. The van der Waals surface area contributed by atoms with Crippen LogP contribution in [0.2, 0.25) is 0 Å². The van der Waals surface area contributed by atoms with Crippen molar-refractivity contribution in [2.45, 2.75) is 68.1 Å². The summed E-state index contributed by atoms with van der Waals surface area (Å²) in [5.74, 6) is 0.581. The summed E-state index contributed by atoms with van der Waals surface area (Å²) in [7, 11) is -5.22. The molecule has 0 aromatic carbocycles. The Morgan fingerprint density at radius 1 is 0.745 bits per heavy atom. The lowest BCUT2D eigenvalue weighted by Gasteiger charge is -2.31. The second-order valence-electron chi connectivity index (χ2n) is 13.2. The molecule has 268 valence electrons. The largest absolute Gasteiger partial charge is 0.274 e. The lowest BCUT2D eigenvalue weighted by Crippen LogP contribution is -2.38. The standard InChI is InChI=1S/C17H22N6O2S.C17H19N5O2S/c1-12-10-16-18-6-9-23(16)20-17(12)14-4-7-22(8-5-14)26(24,25)15-11-21(3)19-13(15)2;1-13-9-17-19-12-20-22(17)11-16(13)14-4-7-21(8-5-14)25(23,24)15-3-2-6-18-10-15/h6,9-11,14H,4-5,7-8H2,1-3H3;2-3,6,9-12,14H,4-5,7-8H2,1H3. The Labute approximate surface area is 297 Å². The van der Waals surface area contributed by atoms with Crippen LogP contribution in [0.4, 0.5) is 0 Å². The van der Waals surface area contributed by atoms with Crippen molar-refractivity contribution < 1.29 is 16.8 Å². The van der Waals surface area contributed by atoms with Crippen LogP contribution in [0.3, 0.4) is 0 Å². The Hall–Kier alpha value is -4.58. The average molecular weight is 732 g/mol. The van der Waals surface area contributed by atoms with E-state index >= 15 is 0 Å². The Morgan fingerprint density at radius 2 is 1.41 bits per heavy atom. The Balaban J connectivity index is 0.000000159. The van der Waals surface area contributed by atoms with Crippen molar-refractivity contribution in [1.82, 2.24) is 52.6 Å². The number of rotatable bonds is 6. The zero-order valence-corrected chi connectivity index (χ0v) is 30.7. The third-order valence-electron chi connectivity index (χ3n) is 9.87. The van der Waals surface area contributed by atoms with Crippen LogP contribution in [0.5, 0.6) is 0 Å². The Bertz CT molecular complexity index is 2390. The van der Waals surface area contributed by atoms with Crippen LogP contribution in [0.15, 0.2) is 77.6 Å². The molecule has 51 heavy (non-hydrogen) atoms. The molecule has 0 bridgehead atoms. The number of sulfonamides is 2. The van der Waals surface area contributed by atoms with Crippen molar-refractivity contribution in [1.29, 1.82) is 0 Å². The van der Waals surface area contributed by atoms with E-state index in [2.05, 4.69) is 32.1 Å². The number of pyridine rings is 2. The van der Waals surface area contributed by atoms with Gasteiger partial charge < -0.3 is 0 Å². The van der Waals surface area contributed by atoms with Crippen molar-refractivity contribution in [2.24, 2.45) is 7.05 Å². The summed E-state index contributed by atoms with van der Waals surface area (Å²) in [5.41, 5.74) is 6.73. The van der Waals surface area contributed by atoms with E-state index in [4.69, 9.17) is 5.10 Å². The highest BCUT2D eigenvalue weighted by molar-refractivity contribution is 7.89. The second-order valence-corrected chi connectivity index (χ2v) is 17.1.